The van der Waals surface area contributed by atoms with Gasteiger partial charge >= 0.3 is 43.9 Å². The maximum atomic E-state index is 9.59. The molecule has 1 saturated heterocycles. The second kappa shape index (κ2) is 3.50. The molecule has 8 heavy (non-hydrogen) atoms. The van der Waals surface area contributed by atoms with Gasteiger partial charge in [-0.15, -0.1) is 5.06 Å². The number of hydrogen-bond donors (Lipinski definition) is 1. The van der Waals surface area contributed by atoms with Crippen LogP contribution in [-0.4, -0.2) is 67.2 Å². The number of rotatable bonds is 1. The number of carbonyl (C=O) groups is 1. The summed E-state index contributed by atoms with van der Waals surface area (Å²) in [6, 6.07) is 0. The summed E-state index contributed by atoms with van der Waals surface area (Å²) in [6.45, 7) is 1.48. The molecule has 0 aliphatic carbocycles. The molecule has 0 spiro atoms. The molecule has 1 rings (SSSR count). The van der Waals surface area contributed by atoms with E-state index in [1.54, 1.807) is 0 Å². The first-order valence-electron chi connectivity index (χ1n) is 1.95. The van der Waals surface area contributed by atoms with E-state index in [2.05, 4.69) is 4.84 Å². The first-order chi connectivity index (χ1) is 3.29. The molecular formula is C3H7CaNO3. The molecule has 0 aromatic rings. The Morgan fingerprint density at radius 1 is 1.62 bits per heavy atom. The summed E-state index contributed by atoms with van der Waals surface area (Å²) in [5.74, 6) is 0. The van der Waals surface area contributed by atoms with E-state index in [1.807, 2.05) is 0 Å². The van der Waals surface area contributed by atoms with Gasteiger partial charge in [-0.1, -0.05) is 0 Å². The van der Waals surface area contributed by atoms with Crippen LogP contribution < -0.4 is 0 Å². The summed E-state index contributed by atoms with van der Waals surface area (Å²) >= 11 is 0. The van der Waals surface area contributed by atoms with E-state index in [-0.39, 0.29) is 37.7 Å². The van der Waals surface area contributed by atoms with Crippen LogP contribution in [0.3, 0.4) is 0 Å². The molecular weight excluding hydrogens is 138 g/mol. The van der Waals surface area contributed by atoms with Gasteiger partial charge in [0.2, 0.25) is 0 Å². The Kier molecular flexibility index (Phi) is 3.72. The molecule has 0 amide bonds. The fourth-order valence-electron chi connectivity index (χ4n) is 0.243. The number of hydrogen-bond acceptors (Lipinski definition) is 3. The van der Waals surface area contributed by atoms with Crippen molar-refractivity contribution < 1.29 is 14.7 Å². The Hall–Kier alpha value is 0.490. The van der Waals surface area contributed by atoms with E-state index in [0.717, 1.165) is 13.1 Å². The summed E-state index contributed by atoms with van der Waals surface area (Å²) in [5.41, 5.74) is 0. The van der Waals surface area contributed by atoms with Gasteiger partial charge in [0.25, 0.3) is 0 Å². The standard InChI is InChI=1S/C3H5NO3.Ca.2H/c5-3(6)7-4-1-2-4;;;/h1-2H2,(H,5,6);;;. The average molecular weight is 145 g/mol. The van der Waals surface area contributed by atoms with Crippen LogP contribution >= 0.6 is 0 Å². The third-order valence-electron chi connectivity index (χ3n) is 0.613. The first kappa shape index (κ1) is 8.49. The van der Waals surface area contributed by atoms with E-state index >= 15 is 0 Å². The van der Waals surface area contributed by atoms with Gasteiger partial charge < -0.3 is 9.94 Å². The fraction of sp³-hybridized carbons (Fsp3) is 0.667. The Morgan fingerprint density at radius 2 is 2.12 bits per heavy atom. The van der Waals surface area contributed by atoms with Gasteiger partial charge in [0.05, 0.1) is 13.1 Å². The first-order valence-corrected chi connectivity index (χ1v) is 1.95. The summed E-state index contributed by atoms with van der Waals surface area (Å²) < 4.78 is 0. The second-order valence-electron chi connectivity index (χ2n) is 1.29. The van der Waals surface area contributed by atoms with Crippen LogP contribution in [0.2, 0.25) is 0 Å². The maximum absolute atomic E-state index is 9.59. The zero-order valence-electron chi connectivity index (χ0n) is 3.63. The van der Waals surface area contributed by atoms with Crippen molar-refractivity contribution in [2.75, 3.05) is 13.1 Å². The average Bonchev–Trinajstić information content (AvgIpc) is 2.17. The molecule has 4 nitrogen and oxygen atoms in total. The third-order valence-corrected chi connectivity index (χ3v) is 0.613. The molecule has 1 aliphatic rings. The van der Waals surface area contributed by atoms with E-state index in [4.69, 9.17) is 5.11 Å². The Labute approximate surface area is 76.4 Å². The predicted molar refractivity (Wildman–Crippen MR) is 29.2 cm³/mol. The van der Waals surface area contributed by atoms with Crippen LogP contribution in [0.4, 0.5) is 4.79 Å². The van der Waals surface area contributed by atoms with Crippen LogP contribution in [0.15, 0.2) is 0 Å². The Morgan fingerprint density at radius 3 is 2.25 bits per heavy atom. The Bertz CT molecular complexity index is 92.5. The molecule has 0 atom stereocenters. The number of hydroxylamine groups is 2. The van der Waals surface area contributed by atoms with Crippen molar-refractivity contribution >= 4 is 43.9 Å². The molecule has 0 saturated carbocycles. The zero-order valence-corrected chi connectivity index (χ0v) is 3.63. The van der Waals surface area contributed by atoms with E-state index in [1.165, 1.54) is 5.06 Å². The minimum absolute atomic E-state index is 0. The molecule has 0 unspecified atom stereocenters. The topological polar surface area (TPSA) is 49.5 Å². The molecule has 1 heterocycles. The molecule has 44 valence electrons. The second-order valence-corrected chi connectivity index (χ2v) is 1.29. The number of nitrogens with zero attached hydrogens (tertiary/aromatic N) is 1. The van der Waals surface area contributed by atoms with Crippen molar-refractivity contribution in [3.63, 3.8) is 0 Å². The molecule has 0 aromatic heterocycles. The van der Waals surface area contributed by atoms with Crippen LogP contribution in [-0.2, 0) is 4.84 Å². The van der Waals surface area contributed by atoms with Crippen molar-refractivity contribution in [2.45, 2.75) is 0 Å². The molecule has 0 bridgehead atoms. The summed E-state index contributed by atoms with van der Waals surface area (Å²) in [5, 5.41) is 9.21. The summed E-state index contributed by atoms with van der Waals surface area (Å²) in [4.78, 5) is 13.7. The van der Waals surface area contributed by atoms with Crippen molar-refractivity contribution in [1.29, 1.82) is 0 Å². The van der Waals surface area contributed by atoms with Crippen molar-refractivity contribution in [3.8, 4) is 0 Å². The SMILES string of the molecule is O=C(O)ON1CC1.[CaH2]. The molecule has 1 fully saturated rings. The monoisotopic (exact) mass is 145 g/mol. The number of carboxylic acid groups (broad SMARTS) is 1. The summed E-state index contributed by atoms with van der Waals surface area (Å²) in [6.07, 6.45) is -1.22. The van der Waals surface area contributed by atoms with Gasteiger partial charge in [-0.2, -0.15) is 0 Å². The van der Waals surface area contributed by atoms with Gasteiger partial charge in [0.1, 0.15) is 0 Å². The van der Waals surface area contributed by atoms with Crippen molar-refractivity contribution in [1.82, 2.24) is 5.06 Å². The van der Waals surface area contributed by atoms with Crippen LogP contribution in [0, 0.1) is 0 Å². The molecule has 1 N–H and O–H groups in total. The van der Waals surface area contributed by atoms with Crippen molar-refractivity contribution in [2.24, 2.45) is 0 Å². The predicted octanol–water partition coefficient (Wildman–Crippen LogP) is -1.00. The molecule has 0 radical (unpaired) electrons. The van der Waals surface area contributed by atoms with Crippen LogP contribution in [0.25, 0.3) is 0 Å². The third kappa shape index (κ3) is 3.49. The van der Waals surface area contributed by atoms with Crippen molar-refractivity contribution in [3.05, 3.63) is 0 Å². The zero-order chi connectivity index (χ0) is 5.28. The van der Waals surface area contributed by atoms with Gasteiger partial charge in [-0.25, -0.2) is 4.79 Å². The minimum atomic E-state index is -1.22. The van der Waals surface area contributed by atoms with Crippen LogP contribution in [0.1, 0.15) is 0 Å². The van der Waals surface area contributed by atoms with E-state index in [0.29, 0.717) is 0 Å². The van der Waals surface area contributed by atoms with E-state index in [9.17, 15) is 4.79 Å². The fourth-order valence-corrected chi connectivity index (χ4v) is 0.243. The Balaban J connectivity index is 0.000000490. The quantitative estimate of drug-likeness (QED) is 0.379. The normalized spacial score (nSPS) is 16.5. The molecule has 0 aromatic carbocycles. The van der Waals surface area contributed by atoms with Gasteiger partial charge in [-0.3, -0.25) is 0 Å². The van der Waals surface area contributed by atoms with Gasteiger partial charge in [-0.05, 0) is 0 Å². The molecule has 5 heteroatoms. The van der Waals surface area contributed by atoms with Gasteiger partial charge in [0.15, 0.2) is 0 Å². The molecule has 1 aliphatic heterocycles. The van der Waals surface area contributed by atoms with Gasteiger partial charge in [0, 0.05) is 0 Å². The van der Waals surface area contributed by atoms with Crippen LogP contribution in [0.5, 0.6) is 0 Å². The van der Waals surface area contributed by atoms with E-state index < -0.39 is 6.16 Å². The summed E-state index contributed by atoms with van der Waals surface area (Å²) in [7, 11) is 0.